The number of halogens is 2. The maximum Gasteiger partial charge on any atom is 0.310 e. The summed E-state index contributed by atoms with van der Waals surface area (Å²) in [6.45, 7) is 3.97. The van der Waals surface area contributed by atoms with Gasteiger partial charge in [0, 0.05) is 6.07 Å². The van der Waals surface area contributed by atoms with Crippen molar-refractivity contribution >= 4 is 17.6 Å². The lowest BCUT2D eigenvalue weighted by molar-refractivity contribution is -0.146. The summed E-state index contributed by atoms with van der Waals surface area (Å²) in [6.07, 6.45) is -0.0892. The van der Waals surface area contributed by atoms with Crippen molar-refractivity contribution < 1.29 is 32.6 Å². The van der Waals surface area contributed by atoms with Crippen LogP contribution in [0.5, 0.6) is 11.5 Å². The van der Waals surface area contributed by atoms with E-state index in [1.165, 1.54) is 0 Å². The average molecular weight is 393 g/mol. The van der Waals surface area contributed by atoms with Crippen molar-refractivity contribution in [3.63, 3.8) is 0 Å². The number of carbonyl (C=O) groups is 2. The second kappa shape index (κ2) is 10.2. The number of nitrogens with one attached hydrogen (secondary N) is 1. The van der Waals surface area contributed by atoms with Crippen LogP contribution in [-0.2, 0) is 20.7 Å². The van der Waals surface area contributed by atoms with Crippen LogP contribution in [0.15, 0.2) is 36.4 Å². The number of hydrogen-bond acceptors (Lipinski definition) is 5. The predicted molar refractivity (Wildman–Crippen MR) is 98.4 cm³/mol. The van der Waals surface area contributed by atoms with Crippen LogP contribution in [0, 0.1) is 11.6 Å². The minimum Gasteiger partial charge on any atom is -0.490 e. The van der Waals surface area contributed by atoms with Gasteiger partial charge in [-0.25, -0.2) is 8.78 Å². The molecule has 0 heterocycles. The van der Waals surface area contributed by atoms with E-state index in [-0.39, 0.29) is 12.1 Å². The molecule has 0 bridgehead atoms. The zero-order valence-corrected chi connectivity index (χ0v) is 15.6. The van der Waals surface area contributed by atoms with Gasteiger partial charge in [-0.1, -0.05) is 6.07 Å². The third-order valence-corrected chi connectivity index (χ3v) is 3.52. The van der Waals surface area contributed by atoms with Crippen LogP contribution in [-0.4, -0.2) is 31.7 Å². The summed E-state index contributed by atoms with van der Waals surface area (Å²) in [4.78, 5) is 23.7. The van der Waals surface area contributed by atoms with Crippen molar-refractivity contribution in [3.8, 4) is 11.5 Å². The highest BCUT2D eigenvalue weighted by Gasteiger charge is 2.13. The van der Waals surface area contributed by atoms with Crippen LogP contribution in [0.3, 0.4) is 0 Å². The zero-order chi connectivity index (χ0) is 20.5. The second-order valence-corrected chi connectivity index (χ2v) is 5.66. The van der Waals surface area contributed by atoms with E-state index in [1.807, 2.05) is 13.8 Å². The fraction of sp³-hybridized carbons (Fsp3) is 0.300. The van der Waals surface area contributed by atoms with Gasteiger partial charge in [-0.15, -0.1) is 0 Å². The van der Waals surface area contributed by atoms with Gasteiger partial charge in [-0.05, 0) is 43.7 Å². The molecular weight excluding hydrogens is 372 g/mol. The Morgan fingerprint density at radius 2 is 1.68 bits per heavy atom. The zero-order valence-electron chi connectivity index (χ0n) is 15.6. The van der Waals surface area contributed by atoms with Gasteiger partial charge in [0.2, 0.25) is 0 Å². The highest BCUT2D eigenvalue weighted by Crippen LogP contribution is 2.28. The lowest BCUT2D eigenvalue weighted by Crippen LogP contribution is -2.22. The Labute approximate surface area is 161 Å². The quantitative estimate of drug-likeness (QED) is 0.661. The van der Waals surface area contributed by atoms with Crippen LogP contribution in [0.4, 0.5) is 14.5 Å². The maximum atomic E-state index is 13.5. The number of esters is 1. The molecule has 2 rings (SSSR count). The van der Waals surface area contributed by atoms with Crippen LogP contribution in [0.25, 0.3) is 0 Å². The number of hydrogen-bond donors (Lipinski definition) is 1. The first-order chi connectivity index (χ1) is 13.4. The number of rotatable bonds is 9. The summed E-state index contributed by atoms with van der Waals surface area (Å²) in [7, 11) is 0. The molecule has 0 saturated heterocycles. The van der Waals surface area contributed by atoms with Crippen molar-refractivity contribution in [1.82, 2.24) is 0 Å². The van der Waals surface area contributed by atoms with Crippen molar-refractivity contribution in [1.29, 1.82) is 0 Å². The van der Waals surface area contributed by atoms with Crippen LogP contribution >= 0.6 is 0 Å². The molecule has 0 unspecified atom stereocenters. The Morgan fingerprint density at radius 3 is 2.39 bits per heavy atom. The molecule has 8 heteroatoms. The van der Waals surface area contributed by atoms with E-state index in [0.29, 0.717) is 30.3 Å². The van der Waals surface area contributed by atoms with E-state index in [9.17, 15) is 18.4 Å². The number of ether oxygens (including phenoxy) is 3. The largest absolute Gasteiger partial charge is 0.490 e. The molecule has 0 aliphatic rings. The molecule has 6 nitrogen and oxygen atoms in total. The van der Waals surface area contributed by atoms with Gasteiger partial charge in [0.05, 0.1) is 25.3 Å². The van der Waals surface area contributed by atoms with E-state index in [0.717, 1.165) is 18.2 Å². The topological polar surface area (TPSA) is 73.9 Å². The first-order valence-corrected chi connectivity index (χ1v) is 8.72. The SMILES string of the molecule is CCOc1ccc(CC(=O)OCC(=O)Nc2cc(F)ccc2F)cc1OCC. The van der Waals surface area contributed by atoms with Gasteiger partial charge >= 0.3 is 5.97 Å². The van der Waals surface area contributed by atoms with E-state index >= 15 is 0 Å². The van der Waals surface area contributed by atoms with Crippen molar-refractivity contribution in [2.75, 3.05) is 25.1 Å². The fourth-order valence-electron chi connectivity index (χ4n) is 2.35. The number of carbonyl (C=O) groups excluding carboxylic acids is 2. The average Bonchev–Trinajstić information content (AvgIpc) is 2.65. The lowest BCUT2D eigenvalue weighted by Gasteiger charge is -2.12. The first-order valence-electron chi connectivity index (χ1n) is 8.72. The molecule has 0 spiro atoms. The van der Waals surface area contributed by atoms with Crippen LogP contribution in [0.2, 0.25) is 0 Å². The van der Waals surface area contributed by atoms with Gasteiger partial charge in [-0.3, -0.25) is 9.59 Å². The molecule has 0 aliphatic heterocycles. The Bertz CT molecular complexity index is 841. The van der Waals surface area contributed by atoms with Gasteiger partial charge < -0.3 is 19.5 Å². The van der Waals surface area contributed by atoms with Crippen LogP contribution < -0.4 is 14.8 Å². The molecule has 0 atom stereocenters. The number of benzene rings is 2. The van der Waals surface area contributed by atoms with Gasteiger partial charge in [-0.2, -0.15) is 0 Å². The normalized spacial score (nSPS) is 10.3. The molecule has 150 valence electrons. The first kappa shape index (κ1) is 21.1. The molecule has 0 aromatic heterocycles. The molecule has 2 aromatic carbocycles. The van der Waals surface area contributed by atoms with Gasteiger partial charge in [0.25, 0.3) is 5.91 Å². The second-order valence-electron chi connectivity index (χ2n) is 5.66. The molecule has 28 heavy (non-hydrogen) atoms. The minimum atomic E-state index is -0.793. The Morgan fingerprint density at radius 1 is 0.964 bits per heavy atom. The molecular formula is C20H21F2NO5. The summed E-state index contributed by atoms with van der Waals surface area (Å²) in [5.74, 6) is -1.85. The van der Waals surface area contributed by atoms with E-state index in [1.54, 1.807) is 18.2 Å². The van der Waals surface area contributed by atoms with Crippen molar-refractivity contribution in [2.24, 2.45) is 0 Å². The fourth-order valence-corrected chi connectivity index (χ4v) is 2.35. The van der Waals surface area contributed by atoms with Gasteiger partial charge in [0.15, 0.2) is 18.1 Å². The third kappa shape index (κ3) is 6.22. The summed E-state index contributed by atoms with van der Waals surface area (Å²) in [5.41, 5.74) is 0.294. The van der Waals surface area contributed by atoms with E-state index < -0.39 is 30.1 Å². The van der Waals surface area contributed by atoms with Crippen molar-refractivity contribution in [3.05, 3.63) is 53.6 Å². The highest BCUT2D eigenvalue weighted by atomic mass is 19.1. The highest BCUT2D eigenvalue weighted by molar-refractivity contribution is 5.93. The standard InChI is InChI=1S/C20H21F2NO5/c1-3-26-17-8-5-13(9-18(17)27-4-2)10-20(25)28-12-19(24)23-16-11-14(21)6-7-15(16)22/h5-9,11H,3-4,10,12H2,1-2H3,(H,23,24). The molecule has 0 aliphatic carbocycles. The molecule has 1 amide bonds. The number of anilines is 1. The summed E-state index contributed by atoms with van der Waals surface area (Å²) in [5, 5.41) is 2.15. The Hall–Kier alpha value is -3.16. The lowest BCUT2D eigenvalue weighted by atomic mass is 10.1. The summed E-state index contributed by atoms with van der Waals surface area (Å²) in [6, 6.07) is 7.70. The smallest absolute Gasteiger partial charge is 0.310 e. The Kier molecular flexibility index (Phi) is 7.74. The molecule has 0 saturated carbocycles. The van der Waals surface area contributed by atoms with E-state index in [2.05, 4.69) is 5.32 Å². The monoisotopic (exact) mass is 393 g/mol. The third-order valence-electron chi connectivity index (χ3n) is 3.52. The van der Waals surface area contributed by atoms with Gasteiger partial charge in [0.1, 0.15) is 11.6 Å². The van der Waals surface area contributed by atoms with E-state index in [4.69, 9.17) is 14.2 Å². The molecule has 0 radical (unpaired) electrons. The number of amides is 1. The Balaban J connectivity index is 1.90. The molecule has 2 aromatic rings. The predicted octanol–water partition coefficient (Wildman–Crippen LogP) is 3.49. The van der Waals surface area contributed by atoms with Crippen LogP contribution in [0.1, 0.15) is 19.4 Å². The summed E-state index contributed by atoms with van der Waals surface area (Å²) >= 11 is 0. The summed E-state index contributed by atoms with van der Waals surface area (Å²) < 4.78 is 42.4. The minimum absolute atomic E-state index is 0.0892. The molecule has 0 fully saturated rings. The maximum absolute atomic E-state index is 13.5. The molecule has 1 N–H and O–H groups in total. The van der Waals surface area contributed by atoms with Crippen molar-refractivity contribution in [2.45, 2.75) is 20.3 Å².